The van der Waals surface area contributed by atoms with Crippen molar-refractivity contribution in [1.29, 1.82) is 0 Å². The average molecular weight is 730 g/mol. The minimum atomic E-state index is -1.24. The fourth-order valence-corrected chi connectivity index (χ4v) is 5.46. The molecule has 1 fully saturated rings. The third-order valence-electron chi connectivity index (χ3n) is 8.48. The molecule has 1 heterocycles. The molecule has 2 aromatic carbocycles. The van der Waals surface area contributed by atoms with Crippen LogP contribution in [-0.2, 0) is 44.9 Å². The fourth-order valence-electron chi connectivity index (χ4n) is 5.46. The lowest BCUT2D eigenvalue weighted by molar-refractivity contribution is -0.150. The Bertz CT molecular complexity index is 1830. The third kappa shape index (κ3) is 11.5. The smallest absolute Gasteiger partial charge is 0.411 e. The van der Waals surface area contributed by atoms with Crippen molar-refractivity contribution in [2.45, 2.75) is 45.1 Å². The summed E-state index contributed by atoms with van der Waals surface area (Å²) in [5, 5.41) is 28.4. The van der Waals surface area contributed by atoms with Gasteiger partial charge in [0.05, 0.1) is 12.2 Å². The monoisotopic (exact) mass is 729 g/mol. The summed E-state index contributed by atoms with van der Waals surface area (Å²) in [4.78, 5) is 97.3. The Morgan fingerprint density at radius 2 is 1.45 bits per heavy atom. The number of aliphatic carboxylic acids is 2. The summed E-state index contributed by atoms with van der Waals surface area (Å²) in [5.41, 5.74) is 0.699. The Hall–Kier alpha value is -6.58. The van der Waals surface area contributed by atoms with Crippen LogP contribution in [0, 0.1) is 5.41 Å². The summed E-state index contributed by atoms with van der Waals surface area (Å²) in [6.07, 6.45) is 9.26. The minimum absolute atomic E-state index is 0.155. The van der Waals surface area contributed by atoms with Gasteiger partial charge in [-0.3, -0.25) is 34.2 Å². The Morgan fingerprint density at radius 1 is 0.792 bits per heavy atom. The lowest BCUT2D eigenvalue weighted by Crippen LogP contribution is -2.56. The highest BCUT2D eigenvalue weighted by atomic mass is 16.5. The quantitative estimate of drug-likeness (QED) is 0.0564. The van der Waals surface area contributed by atoms with Crippen LogP contribution in [0.15, 0.2) is 66.8 Å². The number of ether oxygens (including phenoxy) is 1. The molecule has 0 aromatic heterocycles. The number of hydrogen-bond acceptors (Lipinski definition) is 9. The number of carboxylic acids is 2. The fraction of sp³-hybridized carbons (Fsp3) is 0.297. The molecule has 0 saturated heterocycles. The van der Waals surface area contributed by atoms with Gasteiger partial charge < -0.3 is 30.9 Å². The topological polar surface area (TPSA) is 238 Å². The Labute approximate surface area is 303 Å². The van der Waals surface area contributed by atoms with Crippen LogP contribution in [0.3, 0.4) is 0 Å². The van der Waals surface area contributed by atoms with E-state index in [0.29, 0.717) is 74.0 Å². The molecule has 6 N–H and O–H groups in total. The van der Waals surface area contributed by atoms with E-state index >= 15 is 0 Å². The van der Waals surface area contributed by atoms with Crippen molar-refractivity contribution in [3.05, 3.63) is 83.5 Å². The predicted molar refractivity (Wildman–Crippen MR) is 191 cm³/mol. The van der Waals surface area contributed by atoms with E-state index < -0.39 is 41.2 Å². The predicted octanol–water partition coefficient (Wildman–Crippen LogP) is 3.07. The number of anilines is 2. The molecule has 1 aliphatic carbocycles. The number of hydrogen-bond donors (Lipinski definition) is 6. The number of nitrogens with one attached hydrogen (secondary N) is 4. The molecule has 53 heavy (non-hydrogen) atoms. The lowest BCUT2D eigenvalue weighted by atomic mass is 9.67. The minimum Gasteiger partial charge on any atom is -0.478 e. The molecule has 2 aromatic rings. The molecule has 1 aliphatic heterocycles. The molecular weight excluding hydrogens is 690 g/mol. The zero-order valence-electron chi connectivity index (χ0n) is 28.6. The van der Waals surface area contributed by atoms with Gasteiger partial charge in [-0.2, -0.15) is 0 Å². The van der Waals surface area contributed by atoms with Crippen LogP contribution in [-0.4, -0.2) is 82.3 Å². The van der Waals surface area contributed by atoms with E-state index in [0.717, 1.165) is 17.1 Å². The molecule has 16 heteroatoms. The lowest BCUT2D eigenvalue weighted by Gasteiger charge is -2.38. The standard InChI is InChI=1S/C37H39N5O11/c43-29(22-39-35(51)37(17-4-18-37)34(50)38-19-2-1-3-20-42-30(44)13-14-31(42)45)40-27-11-6-25(7-12-27)23-53-36(52)41-28-21-24(8-15-32(46)47)5-9-26(28)10-16-33(48)49/h5-16,21H,1-4,17-20,22-23H2,(H,38,50)(H,39,51)(H,40,43)(H,41,52)(H,46,47)(H,48,49)/b15-8+,16-10+. The van der Waals surface area contributed by atoms with Gasteiger partial charge in [0, 0.05) is 43.1 Å². The molecule has 0 radical (unpaired) electrons. The van der Waals surface area contributed by atoms with E-state index in [1.165, 1.54) is 36.4 Å². The largest absolute Gasteiger partial charge is 0.478 e. The van der Waals surface area contributed by atoms with Crippen LogP contribution < -0.4 is 21.3 Å². The van der Waals surface area contributed by atoms with Crippen LogP contribution in [0.5, 0.6) is 0 Å². The van der Waals surface area contributed by atoms with Crippen LogP contribution in [0.1, 0.15) is 55.2 Å². The van der Waals surface area contributed by atoms with E-state index in [1.54, 1.807) is 30.3 Å². The maximum absolute atomic E-state index is 13.0. The van der Waals surface area contributed by atoms with Crippen molar-refractivity contribution in [1.82, 2.24) is 15.5 Å². The maximum Gasteiger partial charge on any atom is 0.411 e. The highest BCUT2D eigenvalue weighted by Crippen LogP contribution is 2.41. The highest BCUT2D eigenvalue weighted by Gasteiger charge is 2.50. The first kappa shape index (κ1) is 39.2. The van der Waals surface area contributed by atoms with Crippen LogP contribution in [0.2, 0.25) is 0 Å². The number of carbonyl (C=O) groups is 8. The molecule has 2 aliphatic rings. The van der Waals surface area contributed by atoms with E-state index in [9.17, 15) is 38.4 Å². The van der Waals surface area contributed by atoms with Crippen molar-refractivity contribution >= 4 is 71.1 Å². The number of rotatable bonds is 18. The maximum atomic E-state index is 13.0. The molecular formula is C37H39N5O11. The Morgan fingerprint density at radius 3 is 2.09 bits per heavy atom. The van der Waals surface area contributed by atoms with Gasteiger partial charge in [-0.05, 0) is 79.1 Å². The van der Waals surface area contributed by atoms with Crippen LogP contribution in [0.4, 0.5) is 16.2 Å². The molecule has 4 rings (SSSR count). The number of unbranched alkanes of at least 4 members (excludes halogenated alkanes) is 2. The van der Waals surface area contributed by atoms with Gasteiger partial charge >= 0.3 is 18.0 Å². The zero-order valence-corrected chi connectivity index (χ0v) is 28.6. The highest BCUT2D eigenvalue weighted by molar-refractivity contribution is 6.13. The summed E-state index contributed by atoms with van der Waals surface area (Å²) in [6, 6.07) is 10.9. The number of amides is 6. The Kier molecular flexibility index (Phi) is 13.8. The van der Waals surface area contributed by atoms with Gasteiger partial charge in [0.15, 0.2) is 0 Å². The van der Waals surface area contributed by atoms with Crippen molar-refractivity contribution in [2.75, 3.05) is 30.3 Å². The summed E-state index contributed by atoms with van der Waals surface area (Å²) in [5.74, 6) is -4.49. The molecule has 0 atom stereocenters. The van der Waals surface area contributed by atoms with Crippen molar-refractivity contribution in [2.24, 2.45) is 5.41 Å². The Balaban J connectivity index is 1.18. The molecule has 278 valence electrons. The van der Waals surface area contributed by atoms with Gasteiger partial charge in [-0.25, -0.2) is 14.4 Å². The number of imide groups is 1. The first-order chi connectivity index (χ1) is 25.4. The van der Waals surface area contributed by atoms with Crippen molar-refractivity contribution in [3.8, 4) is 0 Å². The van der Waals surface area contributed by atoms with E-state index in [-0.39, 0.29) is 30.7 Å². The molecule has 6 amide bonds. The summed E-state index contributed by atoms with van der Waals surface area (Å²) in [7, 11) is 0. The van der Waals surface area contributed by atoms with Gasteiger partial charge in [0.2, 0.25) is 17.7 Å². The van der Waals surface area contributed by atoms with E-state index in [2.05, 4.69) is 21.3 Å². The second kappa shape index (κ2) is 18.6. The van der Waals surface area contributed by atoms with Gasteiger partial charge in [0.25, 0.3) is 11.8 Å². The van der Waals surface area contributed by atoms with Crippen LogP contribution >= 0.6 is 0 Å². The number of benzene rings is 2. The first-order valence-electron chi connectivity index (χ1n) is 16.7. The average Bonchev–Trinajstić information content (AvgIpc) is 3.42. The second-order valence-corrected chi connectivity index (χ2v) is 12.2. The van der Waals surface area contributed by atoms with Crippen molar-refractivity contribution in [3.63, 3.8) is 0 Å². The molecule has 0 spiro atoms. The van der Waals surface area contributed by atoms with Gasteiger partial charge in [0.1, 0.15) is 12.0 Å². The molecule has 1 saturated carbocycles. The van der Waals surface area contributed by atoms with Gasteiger partial charge in [-0.1, -0.05) is 30.7 Å². The molecule has 16 nitrogen and oxygen atoms in total. The number of carbonyl (C=O) groups excluding carboxylic acids is 6. The van der Waals surface area contributed by atoms with E-state index in [1.807, 2.05) is 0 Å². The first-order valence-corrected chi connectivity index (χ1v) is 16.7. The third-order valence-corrected chi connectivity index (χ3v) is 8.48. The number of nitrogens with zero attached hydrogens (tertiary/aromatic N) is 1. The summed E-state index contributed by atoms with van der Waals surface area (Å²) >= 11 is 0. The van der Waals surface area contributed by atoms with Gasteiger partial charge in [-0.15, -0.1) is 0 Å². The van der Waals surface area contributed by atoms with E-state index in [4.69, 9.17) is 14.9 Å². The molecule has 0 bridgehead atoms. The van der Waals surface area contributed by atoms with Crippen molar-refractivity contribution < 1.29 is 53.3 Å². The summed E-state index contributed by atoms with van der Waals surface area (Å²) in [6.45, 7) is 0.115. The zero-order chi connectivity index (χ0) is 38.4. The van der Waals surface area contributed by atoms with Crippen LogP contribution in [0.25, 0.3) is 12.2 Å². The number of carboxylic acid groups (broad SMARTS) is 2. The second-order valence-electron chi connectivity index (χ2n) is 12.2. The normalized spacial score (nSPS) is 14.5. The summed E-state index contributed by atoms with van der Waals surface area (Å²) < 4.78 is 5.28. The SMILES string of the molecule is O=C(O)/C=C/c1ccc(/C=C/C(=O)O)c(NC(=O)OCc2ccc(NC(=O)CNC(=O)C3(C(=O)NCCCCCN4C(=O)C=CC4=O)CCC3)cc2)c1. The molecule has 0 unspecified atom stereocenters.